The van der Waals surface area contributed by atoms with E-state index in [0.29, 0.717) is 30.4 Å². The first-order valence-corrected chi connectivity index (χ1v) is 7.48. The van der Waals surface area contributed by atoms with Crippen LogP contribution in [0.25, 0.3) is 6.08 Å². The number of halogens is 1. The van der Waals surface area contributed by atoms with E-state index in [-0.39, 0.29) is 5.91 Å². The van der Waals surface area contributed by atoms with E-state index >= 15 is 0 Å². The number of fused-ring (bicyclic) bond motifs is 1. The Morgan fingerprint density at radius 1 is 1.36 bits per heavy atom. The van der Waals surface area contributed by atoms with Crippen molar-refractivity contribution >= 4 is 33.6 Å². The summed E-state index contributed by atoms with van der Waals surface area (Å²) in [7, 11) is 1.82. The van der Waals surface area contributed by atoms with Crippen LogP contribution in [0.3, 0.4) is 0 Å². The fraction of sp³-hybridized carbons (Fsp3) is 0.200. The normalized spacial score (nSPS) is 13.4. The molecule has 0 atom stereocenters. The van der Waals surface area contributed by atoms with Gasteiger partial charge in [-0.1, -0.05) is 0 Å². The molecule has 2 heterocycles. The number of aryl methyl sites for hydroxylation is 1. The van der Waals surface area contributed by atoms with E-state index in [1.165, 1.54) is 6.08 Å². The number of hydrogen-bond donors (Lipinski definition) is 1. The van der Waals surface area contributed by atoms with Gasteiger partial charge in [-0.25, -0.2) is 0 Å². The Balaban J connectivity index is 1.72. The van der Waals surface area contributed by atoms with Crippen molar-refractivity contribution in [1.29, 1.82) is 0 Å². The summed E-state index contributed by atoms with van der Waals surface area (Å²) in [5, 5.41) is 6.84. The van der Waals surface area contributed by atoms with Gasteiger partial charge in [-0.05, 0) is 22.0 Å². The highest BCUT2D eigenvalue weighted by Gasteiger charge is 2.15. The van der Waals surface area contributed by atoms with Gasteiger partial charge in [0.1, 0.15) is 13.2 Å². The molecule has 0 radical (unpaired) electrons. The summed E-state index contributed by atoms with van der Waals surface area (Å²) >= 11 is 3.42. The number of amides is 1. The number of rotatable bonds is 3. The summed E-state index contributed by atoms with van der Waals surface area (Å²) in [6.45, 7) is 1.03. The Bertz CT molecular complexity index is 740. The van der Waals surface area contributed by atoms with E-state index in [9.17, 15) is 4.79 Å². The predicted octanol–water partition coefficient (Wildman–Crippen LogP) is 2.61. The second-order valence-electron chi connectivity index (χ2n) is 4.75. The van der Waals surface area contributed by atoms with Crippen LogP contribution in [0.2, 0.25) is 0 Å². The van der Waals surface area contributed by atoms with Crippen molar-refractivity contribution in [2.45, 2.75) is 0 Å². The maximum atomic E-state index is 12.0. The number of anilines is 1. The maximum absolute atomic E-state index is 12.0. The van der Waals surface area contributed by atoms with Crippen molar-refractivity contribution in [3.05, 3.63) is 40.6 Å². The Labute approximate surface area is 135 Å². The summed E-state index contributed by atoms with van der Waals surface area (Å²) in [4.78, 5) is 12.0. The quantitative estimate of drug-likeness (QED) is 0.851. The number of aromatic nitrogens is 2. The summed E-state index contributed by atoms with van der Waals surface area (Å²) in [5.74, 6) is 1.06. The number of ether oxygens (including phenoxy) is 2. The molecule has 114 valence electrons. The molecule has 0 unspecified atom stereocenters. The van der Waals surface area contributed by atoms with Gasteiger partial charge in [0, 0.05) is 41.5 Å². The molecular weight excluding hydrogens is 350 g/mol. The van der Waals surface area contributed by atoms with Crippen molar-refractivity contribution in [2.24, 2.45) is 7.05 Å². The largest absolute Gasteiger partial charge is 0.486 e. The van der Waals surface area contributed by atoms with E-state index in [1.54, 1.807) is 29.1 Å². The van der Waals surface area contributed by atoms with Crippen LogP contribution in [0.5, 0.6) is 11.5 Å². The van der Waals surface area contributed by atoms with Gasteiger partial charge >= 0.3 is 0 Å². The molecule has 0 fully saturated rings. The fourth-order valence-corrected chi connectivity index (χ4v) is 2.45. The molecule has 0 aliphatic carbocycles. The molecule has 3 rings (SSSR count). The molecule has 1 amide bonds. The molecule has 1 aromatic heterocycles. The molecule has 1 N–H and O–H groups in total. The average molecular weight is 364 g/mol. The van der Waals surface area contributed by atoms with Crippen LogP contribution in [0.4, 0.5) is 5.69 Å². The Morgan fingerprint density at radius 2 is 2.09 bits per heavy atom. The lowest BCUT2D eigenvalue weighted by molar-refractivity contribution is -0.111. The minimum Gasteiger partial charge on any atom is -0.486 e. The van der Waals surface area contributed by atoms with E-state index < -0.39 is 0 Å². The minimum absolute atomic E-state index is 0.235. The highest BCUT2D eigenvalue weighted by Crippen LogP contribution is 2.38. The van der Waals surface area contributed by atoms with Gasteiger partial charge < -0.3 is 14.8 Å². The predicted molar refractivity (Wildman–Crippen MR) is 86.0 cm³/mol. The summed E-state index contributed by atoms with van der Waals surface area (Å²) in [6, 6.07) is 3.53. The topological polar surface area (TPSA) is 65.4 Å². The summed E-state index contributed by atoms with van der Waals surface area (Å²) in [5.41, 5.74) is 1.49. The molecule has 7 heteroatoms. The summed E-state index contributed by atoms with van der Waals surface area (Å²) < 4.78 is 13.4. The molecular formula is C15H14BrN3O3. The zero-order valence-electron chi connectivity index (χ0n) is 11.9. The number of nitrogens with one attached hydrogen (secondary N) is 1. The van der Waals surface area contributed by atoms with Gasteiger partial charge in [-0.3, -0.25) is 9.48 Å². The minimum atomic E-state index is -0.235. The standard InChI is InChI=1S/C15H14BrN3O3/c1-19-9-10(8-17-19)2-3-15(20)18-12-7-14-13(6-11(12)16)21-4-5-22-14/h2-3,6-9H,4-5H2,1H3,(H,18,20). The highest BCUT2D eigenvalue weighted by molar-refractivity contribution is 9.10. The third-order valence-corrected chi connectivity index (χ3v) is 3.70. The molecule has 0 saturated carbocycles. The SMILES string of the molecule is Cn1cc(C=CC(=O)Nc2cc3c(cc2Br)OCCO3)cn1. The molecule has 1 aliphatic rings. The maximum Gasteiger partial charge on any atom is 0.248 e. The third kappa shape index (κ3) is 3.30. The van der Waals surface area contributed by atoms with Crippen LogP contribution in [0.1, 0.15) is 5.56 Å². The van der Waals surface area contributed by atoms with Crippen LogP contribution in [-0.2, 0) is 11.8 Å². The van der Waals surface area contributed by atoms with Gasteiger partial charge in [0.2, 0.25) is 5.91 Å². The van der Waals surface area contributed by atoms with Crippen LogP contribution in [-0.4, -0.2) is 28.9 Å². The number of nitrogens with zero attached hydrogens (tertiary/aromatic N) is 2. The summed E-state index contributed by atoms with van der Waals surface area (Å²) in [6.07, 6.45) is 6.67. The van der Waals surface area contributed by atoms with Crippen molar-refractivity contribution in [1.82, 2.24) is 9.78 Å². The van der Waals surface area contributed by atoms with E-state index in [4.69, 9.17) is 9.47 Å². The van der Waals surface area contributed by atoms with Crippen LogP contribution in [0, 0.1) is 0 Å². The first kappa shape index (κ1) is 14.6. The first-order chi connectivity index (χ1) is 10.6. The van der Waals surface area contributed by atoms with Crippen molar-refractivity contribution in [3.8, 4) is 11.5 Å². The fourth-order valence-electron chi connectivity index (χ4n) is 2.03. The molecule has 22 heavy (non-hydrogen) atoms. The molecule has 2 aromatic rings. The van der Waals surface area contributed by atoms with Gasteiger partial charge in [0.15, 0.2) is 11.5 Å². The third-order valence-electron chi connectivity index (χ3n) is 3.04. The Hall–Kier alpha value is -2.28. The molecule has 0 saturated heterocycles. The Kier molecular flexibility index (Phi) is 4.15. The average Bonchev–Trinajstić information content (AvgIpc) is 2.91. The number of carbonyl (C=O) groups excluding carboxylic acids is 1. The molecule has 6 nitrogen and oxygen atoms in total. The number of benzene rings is 1. The lowest BCUT2D eigenvalue weighted by atomic mass is 10.2. The highest BCUT2D eigenvalue weighted by atomic mass is 79.9. The van der Waals surface area contributed by atoms with Crippen LogP contribution < -0.4 is 14.8 Å². The smallest absolute Gasteiger partial charge is 0.248 e. The lowest BCUT2D eigenvalue weighted by Gasteiger charge is -2.19. The van der Waals surface area contributed by atoms with E-state index in [1.807, 2.05) is 13.2 Å². The van der Waals surface area contributed by atoms with Crippen LogP contribution >= 0.6 is 15.9 Å². The molecule has 1 aliphatic heterocycles. The second kappa shape index (κ2) is 6.23. The van der Waals surface area contributed by atoms with E-state index in [2.05, 4.69) is 26.3 Å². The van der Waals surface area contributed by atoms with Crippen molar-refractivity contribution < 1.29 is 14.3 Å². The van der Waals surface area contributed by atoms with Gasteiger partial charge in [-0.15, -0.1) is 0 Å². The van der Waals surface area contributed by atoms with Gasteiger partial charge in [-0.2, -0.15) is 5.10 Å². The monoisotopic (exact) mass is 363 g/mol. The number of hydrogen-bond acceptors (Lipinski definition) is 4. The zero-order valence-corrected chi connectivity index (χ0v) is 13.5. The lowest BCUT2D eigenvalue weighted by Crippen LogP contribution is -2.16. The molecule has 0 spiro atoms. The number of carbonyl (C=O) groups is 1. The van der Waals surface area contributed by atoms with Crippen LogP contribution in [0.15, 0.2) is 35.1 Å². The Morgan fingerprint density at radius 3 is 2.77 bits per heavy atom. The van der Waals surface area contributed by atoms with Gasteiger partial charge in [0.05, 0.1) is 11.9 Å². The second-order valence-corrected chi connectivity index (χ2v) is 5.60. The van der Waals surface area contributed by atoms with Crippen molar-refractivity contribution in [3.63, 3.8) is 0 Å². The molecule has 1 aromatic carbocycles. The first-order valence-electron chi connectivity index (χ1n) is 6.69. The molecule has 0 bridgehead atoms. The van der Waals surface area contributed by atoms with Crippen molar-refractivity contribution in [2.75, 3.05) is 18.5 Å². The van der Waals surface area contributed by atoms with E-state index in [0.717, 1.165) is 10.0 Å². The zero-order chi connectivity index (χ0) is 15.5. The van der Waals surface area contributed by atoms with Gasteiger partial charge in [0.25, 0.3) is 0 Å².